The third-order valence-electron chi connectivity index (χ3n) is 8.29. The van der Waals surface area contributed by atoms with E-state index < -0.39 is 11.8 Å². The lowest BCUT2D eigenvalue weighted by molar-refractivity contribution is 0.0453. The first-order valence-electron chi connectivity index (χ1n) is 13.3. The Morgan fingerprint density at radius 2 is 0.857 bits per heavy atom. The van der Waals surface area contributed by atoms with Gasteiger partial charge >= 0.3 is 11.8 Å². The van der Waals surface area contributed by atoms with E-state index in [2.05, 4.69) is 12.1 Å². The van der Waals surface area contributed by atoms with Crippen LogP contribution in [-0.4, -0.2) is 0 Å². The van der Waals surface area contributed by atoms with Gasteiger partial charge in [-0.25, -0.2) is 0 Å². The molecule has 0 fully saturated rings. The van der Waals surface area contributed by atoms with E-state index >= 15 is 17.6 Å². The second-order valence-electron chi connectivity index (χ2n) is 11.1. The fourth-order valence-corrected chi connectivity index (χ4v) is 10.9. The van der Waals surface area contributed by atoms with Gasteiger partial charge in [0.05, 0.1) is 0 Å². The fourth-order valence-electron chi connectivity index (χ4n) is 6.25. The Morgan fingerprint density at radius 3 is 1.29 bits per heavy atom. The third kappa shape index (κ3) is 3.32. The summed E-state index contributed by atoms with van der Waals surface area (Å²) in [6.07, 6.45) is 0. The van der Waals surface area contributed by atoms with E-state index in [0.717, 1.165) is 50.8 Å². The van der Waals surface area contributed by atoms with Crippen molar-refractivity contribution in [3.8, 4) is 40.4 Å². The van der Waals surface area contributed by atoms with E-state index in [1.54, 1.807) is 34.8 Å². The van der Waals surface area contributed by atoms with E-state index in [1.807, 2.05) is 50.2 Å². The molecule has 206 valence electrons. The van der Waals surface area contributed by atoms with Gasteiger partial charge in [0, 0.05) is 72.0 Å². The minimum Gasteiger partial charge on any atom is -0.196 e. The van der Waals surface area contributed by atoms with Gasteiger partial charge in [0.15, 0.2) is 0 Å². The van der Waals surface area contributed by atoms with Crippen LogP contribution in [0.4, 0.5) is 17.6 Å². The highest BCUT2D eigenvalue weighted by atomic mass is 32.1. The van der Waals surface area contributed by atoms with Crippen molar-refractivity contribution in [3.05, 3.63) is 106 Å². The molecular formula is C34H18F4S4. The van der Waals surface area contributed by atoms with Crippen LogP contribution in [0.3, 0.4) is 0 Å². The Bertz CT molecular complexity index is 2130. The highest BCUT2D eigenvalue weighted by molar-refractivity contribution is 7.28. The van der Waals surface area contributed by atoms with Crippen molar-refractivity contribution in [1.29, 1.82) is 0 Å². The number of aryl methyl sites for hydroxylation is 2. The number of hydrogen-bond donors (Lipinski definition) is 0. The van der Waals surface area contributed by atoms with Gasteiger partial charge in [-0.3, -0.25) is 0 Å². The van der Waals surface area contributed by atoms with E-state index in [4.69, 9.17) is 0 Å². The number of hydrogen-bond acceptors (Lipinski definition) is 4. The summed E-state index contributed by atoms with van der Waals surface area (Å²) in [6, 6.07) is 22.1. The molecule has 0 bridgehead atoms. The smallest absolute Gasteiger partial charge is 0.196 e. The lowest BCUT2D eigenvalue weighted by Gasteiger charge is -2.16. The first-order valence-corrected chi connectivity index (χ1v) is 16.6. The van der Waals surface area contributed by atoms with Crippen molar-refractivity contribution in [2.45, 2.75) is 25.7 Å². The van der Waals surface area contributed by atoms with E-state index in [1.165, 1.54) is 34.8 Å². The van der Waals surface area contributed by atoms with Gasteiger partial charge in [-0.1, -0.05) is 35.4 Å². The summed E-state index contributed by atoms with van der Waals surface area (Å²) in [7, 11) is 0. The van der Waals surface area contributed by atoms with Crippen LogP contribution in [0.5, 0.6) is 0 Å². The molecule has 4 aromatic heterocycles. The first-order chi connectivity index (χ1) is 20.1. The Hall–Kier alpha value is -3.30. The van der Waals surface area contributed by atoms with Gasteiger partial charge in [-0.15, -0.1) is 45.3 Å². The molecule has 0 atom stereocenters. The molecule has 2 aliphatic carbocycles. The summed E-state index contributed by atoms with van der Waals surface area (Å²) in [5.74, 6) is -6.52. The summed E-state index contributed by atoms with van der Waals surface area (Å²) in [6.45, 7) is 4.04. The molecule has 0 saturated carbocycles. The molecule has 0 nitrogen and oxygen atoms in total. The van der Waals surface area contributed by atoms with E-state index in [0.29, 0.717) is 9.75 Å². The van der Waals surface area contributed by atoms with Gasteiger partial charge in [0.2, 0.25) is 0 Å². The normalized spacial score (nSPS) is 15.8. The molecule has 9 rings (SSSR count). The van der Waals surface area contributed by atoms with Crippen molar-refractivity contribution in [2.75, 3.05) is 0 Å². The molecule has 0 amide bonds. The molecule has 42 heavy (non-hydrogen) atoms. The minimum atomic E-state index is -3.26. The zero-order valence-electron chi connectivity index (χ0n) is 22.1. The quantitative estimate of drug-likeness (QED) is 0.167. The number of rotatable bonds is 2. The van der Waals surface area contributed by atoms with Crippen LogP contribution in [0.15, 0.2) is 72.8 Å². The van der Waals surface area contributed by atoms with Crippen LogP contribution >= 0.6 is 45.3 Å². The molecule has 7 aromatic rings. The molecule has 0 aliphatic heterocycles. The second-order valence-corrected chi connectivity index (χ2v) is 15.4. The summed E-state index contributed by atoms with van der Waals surface area (Å²) in [5, 5.41) is 2.15. The predicted octanol–water partition coefficient (Wildman–Crippen LogP) is 12.4. The predicted molar refractivity (Wildman–Crippen MR) is 170 cm³/mol. The topological polar surface area (TPSA) is 0 Å². The average molecular weight is 631 g/mol. The molecule has 3 aromatic carbocycles. The maximum atomic E-state index is 16.0. The number of thiophene rings is 4. The Morgan fingerprint density at radius 1 is 0.452 bits per heavy atom. The molecule has 0 saturated heterocycles. The van der Waals surface area contributed by atoms with E-state index in [9.17, 15) is 0 Å². The zero-order chi connectivity index (χ0) is 28.7. The maximum Gasteiger partial charge on any atom is 0.300 e. The van der Waals surface area contributed by atoms with Gasteiger partial charge in [0.1, 0.15) is 0 Å². The molecular weight excluding hydrogens is 613 g/mol. The summed E-state index contributed by atoms with van der Waals surface area (Å²) in [4.78, 5) is 4.05. The first kappa shape index (κ1) is 25.2. The SMILES string of the molecule is Cc1ccc2sc(-c3cc4c(s3)-c3cc5c(cc3C4(F)F)-c3sc(-c4cc6cc(C)ccc6s4)cc3C5(F)F)cc2c1. The van der Waals surface area contributed by atoms with Crippen LogP contribution in [0, 0.1) is 13.8 Å². The molecule has 0 spiro atoms. The van der Waals surface area contributed by atoms with Crippen molar-refractivity contribution >= 4 is 65.5 Å². The lowest BCUT2D eigenvalue weighted by Crippen LogP contribution is -2.13. The largest absolute Gasteiger partial charge is 0.300 e. The Labute approximate surface area is 254 Å². The van der Waals surface area contributed by atoms with Crippen LogP contribution < -0.4 is 0 Å². The third-order valence-corrected chi connectivity index (χ3v) is 13.3. The summed E-state index contributed by atoms with van der Waals surface area (Å²) >= 11 is 5.64. The number of benzene rings is 3. The van der Waals surface area contributed by atoms with Crippen LogP contribution in [0.2, 0.25) is 0 Å². The Kier molecular flexibility index (Phi) is 4.92. The van der Waals surface area contributed by atoms with Crippen molar-refractivity contribution in [1.82, 2.24) is 0 Å². The molecule has 8 heteroatoms. The molecule has 2 aliphatic rings. The van der Waals surface area contributed by atoms with Crippen LogP contribution in [0.1, 0.15) is 33.4 Å². The van der Waals surface area contributed by atoms with Crippen molar-refractivity contribution in [2.24, 2.45) is 0 Å². The van der Waals surface area contributed by atoms with Gasteiger partial charge < -0.3 is 0 Å². The zero-order valence-corrected chi connectivity index (χ0v) is 25.3. The van der Waals surface area contributed by atoms with E-state index in [-0.39, 0.29) is 33.4 Å². The second kappa shape index (κ2) is 8.20. The number of fused-ring (bicyclic) bond motifs is 8. The Balaban J connectivity index is 1.16. The maximum absolute atomic E-state index is 16.0. The minimum absolute atomic E-state index is 0.0919. The average Bonchev–Trinajstić information content (AvgIpc) is 3.76. The van der Waals surface area contributed by atoms with Crippen LogP contribution in [-0.2, 0) is 11.8 Å². The standard InChI is InChI=1S/C34H18F4S4/c1-15-3-5-25-17(7-15)9-27(39-25)29-13-23-31(41-29)19-11-22-20(12-21(19)33(23,35)36)32-24(34(22,37)38)14-30(42-32)28-10-18-8-16(2)4-6-26(18)40-28/h3-14H,1-2H3. The number of alkyl halides is 4. The van der Waals surface area contributed by atoms with Gasteiger partial charge in [-0.2, -0.15) is 17.6 Å². The molecule has 0 unspecified atom stereocenters. The van der Waals surface area contributed by atoms with Crippen molar-refractivity contribution < 1.29 is 17.6 Å². The fraction of sp³-hybridized carbons (Fsp3) is 0.118. The van der Waals surface area contributed by atoms with Crippen molar-refractivity contribution in [3.63, 3.8) is 0 Å². The highest BCUT2D eigenvalue weighted by Crippen LogP contribution is 2.62. The van der Waals surface area contributed by atoms with Gasteiger partial charge in [0.25, 0.3) is 0 Å². The monoisotopic (exact) mass is 630 g/mol. The summed E-state index contributed by atoms with van der Waals surface area (Å²) in [5.41, 5.74) is 2.16. The summed E-state index contributed by atoms with van der Waals surface area (Å²) < 4.78 is 66.2. The molecule has 0 radical (unpaired) electrons. The lowest BCUT2D eigenvalue weighted by atomic mass is 9.99. The highest BCUT2D eigenvalue weighted by Gasteiger charge is 2.52. The molecule has 4 heterocycles. The van der Waals surface area contributed by atoms with Gasteiger partial charge in [-0.05, 0) is 73.2 Å². The number of halogens is 4. The van der Waals surface area contributed by atoms with Crippen LogP contribution in [0.25, 0.3) is 60.6 Å². The molecule has 0 N–H and O–H groups in total.